The van der Waals surface area contributed by atoms with Crippen molar-refractivity contribution < 1.29 is 24.5 Å². The van der Waals surface area contributed by atoms with E-state index in [0.29, 0.717) is 36.5 Å². The molecule has 1 saturated carbocycles. The highest BCUT2D eigenvalue weighted by Gasteiger charge is 2.36. The summed E-state index contributed by atoms with van der Waals surface area (Å²) in [7, 11) is 1.55. The van der Waals surface area contributed by atoms with E-state index in [1.54, 1.807) is 23.9 Å². The predicted molar refractivity (Wildman–Crippen MR) is 121 cm³/mol. The number of para-hydroxylation sites is 2. The fourth-order valence-corrected chi connectivity index (χ4v) is 4.70. The zero-order valence-electron chi connectivity index (χ0n) is 18.9. The molecule has 10 heteroatoms. The van der Waals surface area contributed by atoms with Crippen LogP contribution in [0.5, 0.6) is 5.75 Å². The van der Waals surface area contributed by atoms with Crippen LogP contribution in [-0.2, 0) is 16.9 Å². The van der Waals surface area contributed by atoms with Crippen LogP contribution >= 0.6 is 0 Å². The summed E-state index contributed by atoms with van der Waals surface area (Å²) in [5.41, 5.74) is 0.371. The molecule has 1 saturated heterocycles. The molecular formula is C23H33N5O5. The van der Waals surface area contributed by atoms with Gasteiger partial charge in [0.2, 0.25) is 0 Å². The van der Waals surface area contributed by atoms with Crippen molar-refractivity contribution in [1.82, 2.24) is 20.3 Å². The number of ether oxygens (including phenoxy) is 2. The molecule has 2 amide bonds. The number of aromatic nitrogens is 3. The van der Waals surface area contributed by atoms with Gasteiger partial charge in [-0.25, -0.2) is 4.79 Å². The lowest BCUT2D eigenvalue weighted by Gasteiger charge is -2.36. The molecule has 1 aliphatic carbocycles. The fourth-order valence-electron chi connectivity index (χ4n) is 4.70. The SMILES string of the molecule is COc1ccccc1NC(=O)N[C@@H]1CC[C@@H](CCn2cc(C3(O)CCCC3)nn2)O[C@H]1CO. The molecule has 3 atom stereocenters. The van der Waals surface area contributed by atoms with E-state index >= 15 is 0 Å². The van der Waals surface area contributed by atoms with Gasteiger partial charge in [-0.3, -0.25) is 4.68 Å². The first kappa shape index (κ1) is 23.5. The minimum Gasteiger partial charge on any atom is -0.495 e. The number of hydrogen-bond acceptors (Lipinski definition) is 7. The van der Waals surface area contributed by atoms with E-state index in [-0.39, 0.29) is 24.8 Å². The zero-order valence-corrected chi connectivity index (χ0v) is 18.9. The highest BCUT2D eigenvalue weighted by Crippen LogP contribution is 2.37. The van der Waals surface area contributed by atoms with Crippen molar-refractivity contribution in [3.63, 3.8) is 0 Å². The van der Waals surface area contributed by atoms with Crippen molar-refractivity contribution in [2.24, 2.45) is 0 Å². The molecule has 1 aromatic heterocycles. The van der Waals surface area contributed by atoms with Crippen LogP contribution in [0.15, 0.2) is 30.5 Å². The number of urea groups is 1. The van der Waals surface area contributed by atoms with Crippen molar-refractivity contribution in [2.45, 2.75) is 75.3 Å². The molecule has 1 aliphatic heterocycles. The van der Waals surface area contributed by atoms with Gasteiger partial charge in [0.05, 0.1) is 37.7 Å². The van der Waals surface area contributed by atoms with Gasteiger partial charge in [0.25, 0.3) is 0 Å². The third kappa shape index (κ3) is 5.63. The number of nitrogens with zero attached hydrogens (tertiary/aromatic N) is 3. The van der Waals surface area contributed by atoms with Gasteiger partial charge < -0.3 is 30.3 Å². The largest absolute Gasteiger partial charge is 0.495 e. The maximum absolute atomic E-state index is 12.5. The predicted octanol–water partition coefficient (Wildman–Crippen LogP) is 2.17. The first-order chi connectivity index (χ1) is 16.0. The molecule has 180 valence electrons. The van der Waals surface area contributed by atoms with Crippen LogP contribution in [0, 0.1) is 0 Å². The lowest BCUT2D eigenvalue weighted by atomic mass is 9.97. The number of amides is 2. The smallest absolute Gasteiger partial charge is 0.319 e. The van der Waals surface area contributed by atoms with Crippen LogP contribution in [0.2, 0.25) is 0 Å². The highest BCUT2D eigenvalue weighted by molar-refractivity contribution is 5.91. The number of methoxy groups -OCH3 is 1. The van der Waals surface area contributed by atoms with Gasteiger partial charge in [0.1, 0.15) is 23.1 Å². The molecule has 1 aromatic carbocycles. The van der Waals surface area contributed by atoms with E-state index in [0.717, 1.165) is 32.1 Å². The molecule has 33 heavy (non-hydrogen) atoms. The Labute approximate surface area is 193 Å². The van der Waals surface area contributed by atoms with Gasteiger partial charge in [0.15, 0.2) is 0 Å². The number of rotatable bonds is 8. The van der Waals surface area contributed by atoms with Crippen molar-refractivity contribution in [3.8, 4) is 5.75 Å². The Balaban J connectivity index is 1.26. The molecule has 0 unspecified atom stereocenters. The van der Waals surface area contributed by atoms with Gasteiger partial charge in [-0.1, -0.05) is 30.2 Å². The minimum absolute atomic E-state index is 0.0558. The summed E-state index contributed by atoms with van der Waals surface area (Å²) in [5.74, 6) is 0.572. The first-order valence-corrected chi connectivity index (χ1v) is 11.6. The van der Waals surface area contributed by atoms with E-state index in [4.69, 9.17) is 9.47 Å². The van der Waals surface area contributed by atoms with E-state index in [1.165, 1.54) is 0 Å². The number of hydrogen-bond donors (Lipinski definition) is 4. The van der Waals surface area contributed by atoms with Gasteiger partial charge in [-0.05, 0) is 44.2 Å². The van der Waals surface area contributed by atoms with Crippen LogP contribution in [0.25, 0.3) is 0 Å². The molecule has 0 spiro atoms. The lowest BCUT2D eigenvalue weighted by Crippen LogP contribution is -2.52. The second-order valence-electron chi connectivity index (χ2n) is 8.86. The van der Waals surface area contributed by atoms with Crippen LogP contribution < -0.4 is 15.4 Å². The summed E-state index contributed by atoms with van der Waals surface area (Å²) in [6, 6.07) is 6.51. The number of carbonyl (C=O) groups excluding carboxylic acids is 1. The minimum atomic E-state index is -0.842. The Morgan fingerprint density at radius 3 is 2.85 bits per heavy atom. The average molecular weight is 460 g/mol. The number of carbonyl (C=O) groups is 1. The topological polar surface area (TPSA) is 131 Å². The average Bonchev–Trinajstić information content (AvgIpc) is 3.49. The second-order valence-corrected chi connectivity index (χ2v) is 8.86. The quantitative estimate of drug-likeness (QED) is 0.476. The number of aliphatic hydroxyl groups excluding tert-OH is 1. The molecule has 4 N–H and O–H groups in total. The summed E-state index contributed by atoms with van der Waals surface area (Å²) in [5, 5.41) is 34.5. The Morgan fingerprint density at radius 2 is 2.09 bits per heavy atom. The molecule has 2 aliphatic rings. The number of benzene rings is 1. The number of nitrogens with one attached hydrogen (secondary N) is 2. The van der Waals surface area contributed by atoms with Crippen molar-refractivity contribution in [2.75, 3.05) is 19.0 Å². The maximum atomic E-state index is 12.5. The Hall–Kier alpha value is -2.69. The molecule has 2 heterocycles. The maximum Gasteiger partial charge on any atom is 0.319 e. The van der Waals surface area contributed by atoms with E-state index < -0.39 is 11.7 Å². The molecule has 2 aromatic rings. The first-order valence-electron chi connectivity index (χ1n) is 11.6. The van der Waals surface area contributed by atoms with Gasteiger partial charge in [-0.2, -0.15) is 0 Å². The fraction of sp³-hybridized carbons (Fsp3) is 0.609. The Bertz CT molecular complexity index is 929. The molecule has 10 nitrogen and oxygen atoms in total. The zero-order chi connectivity index (χ0) is 23.3. The Morgan fingerprint density at radius 1 is 1.30 bits per heavy atom. The molecule has 4 rings (SSSR count). The standard InChI is InChI=1S/C23H33N5O5/c1-32-19-7-3-2-6-17(19)24-22(30)25-18-9-8-16(33-20(18)15-29)10-13-28-14-21(26-27-28)23(31)11-4-5-12-23/h2-3,6-7,14,16,18,20,29,31H,4-5,8-13,15H2,1H3,(H2,24,25,30)/t16-,18+,20-/m0/s1. The number of anilines is 1. The van der Waals surface area contributed by atoms with Crippen LogP contribution in [0.1, 0.15) is 50.6 Å². The summed E-state index contributed by atoms with van der Waals surface area (Å²) in [6.07, 6.45) is 6.91. The van der Waals surface area contributed by atoms with Gasteiger partial charge in [0, 0.05) is 6.54 Å². The summed E-state index contributed by atoms with van der Waals surface area (Å²) < 4.78 is 13.1. The Kier molecular flexibility index (Phi) is 7.46. The molecule has 0 radical (unpaired) electrons. The summed E-state index contributed by atoms with van der Waals surface area (Å²) in [4.78, 5) is 12.5. The molecule has 2 fully saturated rings. The summed E-state index contributed by atoms with van der Waals surface area (Å²) >= 11 is 0. The van der Waals surface area contributed by atoms with E-state index in [9.17, 15) is 15.0 Å². The second kappa shape index (κ2) is 10.5. The van der Waals surface area contributed by atoms with Crippen molar-refractivity contribution in [1.29, 1.82) is 0 Å². The summed E-state index contributed by atoms with van der Waals surface area (Å²) in [6.45, 7) is 0.425. The van der Waals surface area contributed by atoms with Gasteiger partial charge in [-0.15, -0.1) is 5.10 Å². The lowest BCUT2D eigenvalue weighted by molar-refractivity contribution is -0.0905. The van der Waals surface area contributed by atoms with E-state index in [2.05, 4.69) is 20.9 Å². The van der Waals surface area contributed by atoms with Gasteiger partial charge >= 0.3 is 6.03 Å². The number of aliphatic hydroxyl groups is 2. The number of aryl methyl sites for hydroxylation is 1. The highest BCUT2D eigenvalue weighted by atomic mass is 16.5. The van der Waals surface area contributed by atoms with Crippen molar-refractivity contribution in [3.05, 3.63) is 36.2 Å². The third-order valence-corrected chi connectivity index (χ3v) is 6.59. The van der Waals surface area contributed by atoms with Crippen LogP contribution in [-0.4, -0.2) is 63.2 Å². The van der Waals surface area contributed by atoms with Crippen molar-refractivity contribution >= 4 is 11.7 Å². The monoisotopic (exact) mass is 459 g/mol. The van der Waals surface area contributed by atoms with E-state index in [1.807, 2.05) is 18.3 Å². The van der Waals surface area contributed by atoms with Crippen LogP contribution in [0.3, 0.4) is 0 Å². The third-order valence-electron chi connectivity index (χ3n) is 6.59. The normalized spacial score (nSPS) is 24.4. The molecule has 0 bridgehead atoms. The molecular weight excluding hydrogens is 426 g/mol. The van der Waals surface area contributed by atoms with Crippen LogP contribution in [0.4, 0.5) is 10.5 Å².